The minimum absolute atomic E-state index is 0.283. The van der Waals surface area contributed by atoms with E-state index in [9.17, 15) is 0 Å². The summed E-state index contributed by atoms with van der Waals surface area (Å²) in [5.41, 5.74) is 1.13. The Kier molecular flexibility index (Phi) is 5.52. The summed E-state index contributed by atoms with van der Waals surface area (Å²) in [6, 6.07) is 6.54. The standard InChI is InChI=1S/C15H21Cl2NO/c1-3-15(13-7-4-10(16)8-14(13)17)18-11-5-6-12(9-11)19-2/h4,7-8,11-12,15,18H,3,5-6,9H2,1-2H3. The molecule has 2 rings (SSSR count). The summed E-state index contributed by atoms with van der Waals surface area (Å²) in [6.07, 6.45) is 4.79. The van der Waals surface area contributed by atoms with Crippen LogP contribution in [0.15, 0.2) is 18.2 Å². The van der Waals surface area contributed by atoms with Crippen LogP contribution in [0.3, 0.4) is 0 Å². The molecule has 1 fully saturated rings. The molecule has 19 heavy (non-hydrogen) atoms. The van der Waals surface area contributed by atoms with Crippen molar-refractivity contribution >= 4 is 23.2 Å². The van der Waals surface area contributed by atoms with E-state index >= 15 is 0 Å². The van der Waals surface area contributed by atoms with Gasteiger partial charge in [0.1, 0.15) is 0 Å². The third kappa shape index (κ3) is 3.85. The maximum Gasteiger partial charge on any atom is 0.0586 e. The molecule has 0 aliphatic heterocycles. The van der Waals surface area contributed by atoms with Crippen molar-refractivity contribution in [2.45, 2.75) is 50.8 Å². The largest absolute Gasteiger partial charge is 0.381 e. The van der Waals surface area contributed by atoms with E-state index in [4.69, 9.17) is 27.9 Å². The van der Waals surface area contributed by atoms with E-state index in [0.717, 1.165) is 29.8 Å². The minimum atomic E-state index is 0.283. The Hall–Kier alpha value is -0.280. The predicted molar refractivity (Wildman–Crippen MR) is 81.1 cm³/mol. The lowest BCUT2D eigenvalue weighted by atomic mass is 10.0. The minimum Gasteiger partial charge on any atom is -0.381 e. The summed E-state index contributed by atoms with van der Waals surface area (Å²) in [7, 11) is 1.79. The monoisotopic (exact) mass is 301 g/mol. The van der Waals surface area contributed by atoms with E-state index in [1.807, 2.05) is 18.2 Å². The van der Waals surface area contributed by atoms with Gasteiger partial charge in [-0.15, -0.1) is 0 Å². The van der Waals surface area contributed by atoms with Crippen LogP contribution in [0.4, 0.5) is 0 Å². The number of hydrogen-bond acceptors (Lipinski definition) is 2. The maximum atomic E-state index is 6.30. The molecule has 2 nitrogen and oxygen atoms in total. The Morgan fingerprint density at radius 2 is 2.16 bits per heavy atom. The SMILES string of the molecule is CCC(NC1CCC(OC)C1)c1ccc(Cl)cc1Cl. The Bertz CT molecular complexity index is 425. The van der Waals surface area contributed by atoms with Crippen LogP contribution in [-0.4, -0.2) is 19.3 Å². The molecule has 1 aromatic carbocycles. The summed E-state index contributed by atoms with van der Waals surface area (Å²) in [5, 5.41) is 5.13. The number of benzene rings is 1. The van der Waals surface area contributed by atoms with Gasteiger partial charge in [0.15, 0.2) is 0 Å². The van der Waals surface area contributed by atoms with Crippen LogP contribution in [0.1, 0.15) is 44.2 Å². The van der Waals surface area contributed by atoms with Crippen LogP contribution < -0.4 is 5.32 Å². The molecule has 3 atom stereocenters. The molecule has 0 amide bonds. The molecular weight excluding hydrogens is 281 g/mol. The molecular formula is C15H21Cl2NO. The van der Waals surface area contributed by atoms with Crippen molar-refractivity contribution in [1.82, 2.24) is 5.32 Å². The van der Waals surface area contributed by atoms with Crippen molar-refractivity contribution in [3.05, 3.63) is 33.8 Å². The lowest BCUT2D eigenvalue weighted by Gasteiger charge is -2.23. The molecule has 0 saturated heterocycles. The van der Waals surface area contributed by atoms with Gasteiger partial charge in [-0.1, -0.05) is 36.2 Å². The highest BCUT2D eigenvalue weighted by atomic mass is 35.5. The quantitative estimate of drug-likeness (QED) is 0.858. The molecule has 0 heterocycles. The third-order valence-corrected chi connectivity index (χ3v) is 4.46. The summed E-state index contributed by atoms with van der Waals surface area (Å²) >= 11 is 12.2. The molecule has 0 spiro atoms. The van der Waals surface area contributed by atoms with E-state index < -0.39 is 0 Å². The fourth-order valence-corrected chi connectivity index (χ4v) is 3.34. The highest BCUT2D eigenvalue weighted by Crippen LogP contribution is 2.30. The number of halogens is 2. The van der Waals surface area contributed by atoms with Crippen LogP contribution >= 0.6 is 23.2 Å². The Labute approximate surface area is 125 Å². The summed E-state index contributed by atoms with van der Waals surface area (Å²) in [5.74, 6) is 0. The smallest absolute Gasteiger partial charge is 0.0586 e. The van der Waals surface area contributed by atoms with E-state index in [-0.39, 0.29) is 6.04 Å². The topological polar surface area (TPSA) is 21.3 Å². The van der Waals surface area contributed by atoms with Gasteiger partial charge in [-0.3, -0.25) is 0 Å². The number of rotatable bonds is 5. The molecule has 106 valence electrons. The first-order valence-corrected chi connectivity index (χ1v) is 7.63. The lowest BCUT2D eigenvalue weighted by molar-refractivity contribution is 0.106. The van der Waals surface area contributed by atoms with E-state index in [1.165, 1.54) is 6.42 Å². The number of hydrogen-bond donors (Lipinski definition) is 1. The van der Waals surface area contributed by atoms with Gasteiger partial charge in [-0.25, -0.2) is 0 Å². The molecule has 1 aromatic rings. The second kappa shape index (κ2) is 6.94. The maximum absolute atomic E-state index is 6.30. The zero-order chi connectivity index (χ0) is 13.8. The van der Waals surface area contributed by atoms with Crippen molar-refractivity contribution < 1.29 is 4.74 Å². The van der Waals surface area contributed by atoms with Gasteiger partial charge < -0.3 is 10.1 Å². The normalized spacial score (nSPS) is 24.6. The van der Waals surface area contributed by atoms with Crippen molar-refractivity contribution in [2.24, 2.45) is 0 Å². The Morgan fingerprint density at radius 1 is 1.37 bits per heavy atom. The van der Waals surface area contributed by atoms with E-state index in [1.54, 1.807) is 7.11 Å². The Balaban J connectivity index is 2.04. The summed E-state index contributed by atoms with van der Waals surface area (Å²) in [6.45, 7) is 2.17. The van der Waals surface area contributed by atoms with Crippen LogP contribution in [0.5, 0.6) is 0 Å². The fourth-order valence-electron chi connectivity index (χ4n) is 2.80. The fraction of sp³-hybridized carbons (Fsp3) is 0.600. The number of nitrogens with one attached hydrogen (secondary N) is 1. The number of methoxy groups -OCH3 is 1. The zero-order valence-corrected chi connectivity index (χ0v) is 13.0. The molecule has 0 radical (unpaired) electrons. The number of ether oxygens (including phenoxy) is 1. The zero-order valence-electron chi connectivity index (χ0n) is 11.5. The van der Waals surface area contributed by atoms with Crippen LogP contribution in [0, 0.1) is 0 Å². The first-order valence-electron chi connectivity index (χ1n) is 6.87. The van der Waals surface area contributed by atoms with Gasteiger partial charge in [0, 0.05) is 29.2 Å². The molecule has 1 aliphatic carbocycles. The molecule has 0 bridgehead atoms. The lowest BCUT2D eigenvalue weighted by Crippen LogP contribution is -2.31. The van der Waals surface area contributed by atoms with Gasteiger partial charge in [0.05, 0.1) is 6.10 Å². The first kappa shape index (κ1) is 15.1. The van der Waals surface area contributed by atoms with Gasteiger partial charge >= 0.3 is 0 Å². The molecule has 1 N–H and O–H groups in total. The predicted octanol–water partition coefficient (Wildman–Crippen LogP) is 4.60. The van der Waals surface area contributed by atoms with Gasteiger partial charge in [0.25, 0.3) is 0 Å². The highest BCUT2D eigenvalue weighted by molar-refractivity contribution is 6.35. The van der Waals surface area contributed by atoms with Crippen LogP contribution in [0.25, 0.3) is 0 Å². The molecule has 3 unspecified atom stereocenters. The molecule has 1 aliphatic rings. The highest BCUT2D eigenvalue weighted by Gasteiger charge is 2.26. The second-order valence-electron chi connectivity index (χ2n) is 5.16. The van der Waals surface area contributed by atoms with Crippen LogP contribution in [-0.2, 0) is 4.74 Å². The van der Waals surface area contributed by atoms with Crippen molar-refractivity contribution in [3.63, 3.8) is 0 Å². The summed E-state index contributed by atoms with van der Waals surface area (Å²) < 4.78 is 5.42. The van der Waals surface area contributed by atoms with Gasteiger partial charge in [0.2, 0.25) is 0 Å². The molecule has 1 saturated carbocycles. The van der Waals surface area contributed by atoms with E-state index in [0.29, 0.717) is 17.2 Å². The van der Waals surface area contributed by atoms with Crippen molar-refractivity contribution in [2.75, 3.05) is 7.11 Å². The van der Waals surface area contributed by atoms with Crippen LogP contribution in [0.2, 0.25) is 10.0 Å². The second-order valence-corrected chi connectivity index (χ2v) is 6.00. The summed E-state index contributed by atoms with van der Waals surface area (Å²) in [4.78, 5) is 0. The van der Waals surface area contributed by atoms with Crippen molar-refractivity contribution in [3.8, 4) is 0 Å². The Morgan fingerprint density at radius 3 is 2.74 bits per heavy atom. The average molecular weight is 302 g/mol. The first-order chi connectivity index (χ1) is 9.13. The molecule has 0 aromatic heterocycles. The average Bonchev–Trinajstić information content (AvgIpc) is 2.84. The van der Waals surface area contributed by atoms with Gasteiger partial charge in [-0.2, -0.15) is 0 Å². The molecule has 4 heteroatoms. The van der Waals surface area contributed by atoms with Gasteiger partial charge in [-0.05, 0) is 43.4 Å². The van der Waals surface area contributed by atoms with Crippen molar-refractivity contribution in [1.29, 1.82) is 0 Å². The van der Waals surface area contributed by atoms with E-state index in [2.05, 4.69) is 12.2 Å². The third-order valence-electron chi connectivity index (χ3n) is 3.90.